The Balaban J connectivity index is 1.84. The molecule has 1 saturated carbocycles. The third-order valence-corrected chi connectivity index (χ3v) is 4.11. The second-order valence-corrected chi connectivity index (χ2v) is 5.20. The van der Waals surface area contributed by atoms with E-state index in [4.69, 9.17) is 0 Å². The summed E-state index contributed by atoms with van der Waals surface area (Å²) >= 11 is 1.78. The molecule has 0 radical (unpaired) electrons. The van der Waals surface area contributed by atoms with Crippen molar-refractivity contribution >= 4 is 11.3 Å². The van der Waals surface area contributed by atoms with Gasteiger partial charge in [0.05, 0.1) is 0 Å². The van der Waals surface area contributed by atoms with Crippen molar-refractivity contribution in [3.05, 3.63) is 22.4 Å². The monoisotopic (exact) mass is 209 g/mol. The Morgan fingerprint density at radius 3 is 2.71 bits per heavy atom. The van der Waals surface area contributed by atoms with Crippen LogP contribution in [0.2, 0.25) is 0 Å². The molecule has 0 aliphatic heterocycles. The van der Waals surface area contributed by atoms with Crippen LogP contribution in [0.4, 0.5) is 0 Å². The fourth-order valence-corrected chi connectivity index (χ4v) is 2.84. The Bertz CT molecular complexity index is 264. The van der Waals surface area contributed by atoms with Gasteiger partial charge < -0.3 is 5.32 Å². The summed E-state index contributed by atoms with van der Waals surface area (Å²) in [7, 11) is 0. The van der Waals surface area contributed by atoms with Gasteiger partial charge in [-0.3, -0.25) is 0 Å². The summed E-state index contributed by atoms with van der Waals surface area (Å²) < 4.78 is 0. The Hall–Kier alpha value is -0.340. The van der Waals surface area contributed by atoms with E-state index in [1.807, 2.05) is 0 Å². The molecule has 1 aliphatic carbocycles. The van der Waals surface area contributed by atoms with Gasteiger partial charge in [0.15, 0.2) is 0 Å². The van der Waals surface area contributed by atoms with Crippen LogP contribution in [0.1, 0.15) is 44.7 Å². The quantitative estimate of drug-likeness (QED) is 0.799. The van der Waals surface area contributed by atoms with Gasteiger partial charge in [-0.15, -0.1) is 0 Å². The lowest BCUT2D eigenvalue weighted by atomic mass is 9.80. The van der Waals surface area contributed by atoms with Gasteiger partial charge in [-0.25, -0.2) is 0 Å². The van der Waals surface area contributed by atoms with Gasteiger partial charge in [-0.05, 0) is 55.0 Å². The lowest BCUT2D eigenvalue weighted by molar-refractivity contribution is 0.230. The number of hydrogen-bond donors (Lipinski definition) is 1. The summed E-state index contributed by atoms with van der Waals surface area (Å²) in [6, 6.07) is 3.41. The molecule has 2 unspecified atom stereocenters. The Morgan fingerprint density at radius 2 is 2.21 bits per heavy atom. The molecule has 0 aromatic carbocycles. The third kappa shape index (κ3) is 2.18. The van der Waals surface area contributed by atoms with Crippen LogP contribution >= 0.6 is 11.3 Å². The van der Waals surface area contributed by atoms with E-state index in [9.17, 15) is 0 Å². The molecule has 2 rings (SSSR count). The zero-order valence-corrected chi connectivity index (χ0v) is 9.81. The molecule has 78 valence electrons. The highest BCUT2D eigenvalue weighted by Crippen LogP contribution is 2.30. The van der Waals surface area contributed by atoms with Crippen molar-refractivity contribution in [2.75, 3.05) is 0 Å². The Kier molecular flexibility index (Phi) is 3.24. The van der Waals surface area contributed by atoms with Gasteiger partial charge in [0.1, 0.15) is 0 Å². The van der Waals surface area contributed by atoms with Gasteiger partial charge in [0, 0.05) is 12.1 Å². The number of nitrogens with one attached hydrogen (secondary N) is 1. The molecule has 14 heavy (non-hydrogen) atoms. The normalized spacial score (nSPS) is 21.6. The SMILES string of the molecule is CC(NC(C)C1CCC1)c1ccsc1. The smallest absolute Gasteiger partial charge is 0.0302 e. The molecule has 0 bridgehead atoms. The summed E-state index contributed by atoms with van der Waals surface area (Å²) in [5.41, 5.74) is 1.43. The molecule has 1 N–H and O–H groups in total. The predicted molar refractivity (Wildman–Crippen MR) is 62.7 cm³/mol. The minimum Gasteiger partial charge on any atom is -0.307 e. The lowest BCUT2D eigenvalue weighted by Gasteiger charge is -2.33. The fraction of sp³-hybridized carbons (Fsp3) is 0.667. The zero-order chi connectivity index (χ0) is 9.97. The maximum atomic E-state index is 3.69. The number of thiophene rings is 1. The average Bonchev–Trinajstić information content (AvgIpc) is 2.51. The summed E-state index contributed by atoms with van der Waals surface area (Å²) in [5, 5.41) is 8.09. The number of hydrogen-bond acceptors (Lipinski definition) is 2. The highest BCUT2D eigenvalue weighted by Gasteiger charge is 2.24. The van der Waals surface area contributed by atoms with Crippen molar-refractivity contribution in [1.29, 1.82) is 0 Å². The van der Waals surface area contributed by atoms with E-state index in [0.717, 1.165) is 5.92 Å². The molecule has 0 amide bonds. The van der Waals surface area contributed by atoms with Crippen LogP contribution in [0.5, 0.6) is 0 Å². The topological polar surface area (TPSA) is 12.0 Å². The molecule has 1 aromatic heterocycles. The predicted octanol–water partition coefficient (Wildman–Crippen LogP) is 3.59. The summed E-state index contributed by atoms with van der Waals surface area (Å²) in [6.45, 7) is 4.59. The molecule has 1 heterocycles. The second-order valence-electron chi connectivity index (χ2n) is 4.42. The maximum Gasteiger partial charge on any atom is 0.0302 e. The summed E-state index contributed by atoms with van der Waals surface area (Å²) in [6.07, 6.45) is 4.28. The van der Waals surface area contributed by atoms with E-state index in [2.05, 4.69) is 36.0 Å². The fourth-order valence-electron chi connectivity index (χ4n) is 2.09. The van der Waals surface area contributed by atoms with Gasteiger partial charge in [-0.2, -0.15) is 11.3 Å². The molecule has 1 aliphatic rings. The highest BCUT2D eigenvalue weighted by atomic mass is 32.1. The van der Waals surface area contributed by atoms with Crippen LogP contribution in [0.3, 0.4) is 0 Å². The van der Waals surface area contributed by atoms with Crippen LogP contribution in [0.15, 0.2) is 16.8 Å². The number of rotatable bonds is 4. The largest absolute Gasteiger partial charge is 0.307 e. The first-order chi connectivity index (χ1) is 6.77. The Labute approximate surface area is 90.5 Å². The first-order valence-corrected chi connectivity index (χ1v) is 6.50. The molecule has 0 spiro atoms. The summed E-state index contributed by atoms with van der Waals surface area (Å²) in [4.78, 5) is 0. The van der Waals surface area contributed by atoms with Crippen molar-refractivity contribution in [3.63, 3.8) is 0 Å². The lowest BCUT2D eigenvalue weighted by Crippen LogP contribution is -2.38. The van der Waals surface area contributed by atoms with Crippen molar-refractivity contribution in [3.8, 4) is 0 Å². The van der Waals surface area contributed by atoms with Gasteiger partial charge in [-0.1, -0.05) is 6.42 Å². The van der Waals surface area contributed by atoms with E-state index in [0.29, 0.717) is 12.1 Å². The van der Waals surface area contributed by atoms with E-state index < -0.39 is 0 Å². The van der Waals surface area contributed by atoms with Crippen LogP contribution < -0.4 is 5.32 Å². The third-order valence-electron chi connectivity index (χ3n) is 3.41. The van der Waals surface area contributed by atoms with Crippen molar-refractivity contribution in [2.45, 2.75) is 45.2 Å². The molecule has 2 atom stereocenters. The van der Waals surface area contributed by atoms with Crippen molar-refractivity contribution < 1.29 is 0 Å². The molecule has 1 nitrogen and oxygen atoms in total. The van der Waals surface area contributed by atoms with Crippen LogP contribution in [0.25, 0.3) is 0 Å². The first-order valence-electron chi connectivity index (χ1n) is 5.55. The van der Waals surface area contributed by atoms with Crippen LogP contribution in [-0.4, -0.2) is 6.04 Å². The highest BCUT2D eigenvalue weighted by molar-refractivity contribution is 7.07. The first kappa shape index (κ1) is 10.2. The molecule has 0 saturated heterocycles. The van der Waals surface area contributed by atoms with Crippen molar-refractivity contribution in [1.82, 2.24) is 5.32 Å². The average molecular weight is 209 g/mol. The maximum absolute atomic E-state index is 3.69. The molecular formula is C12H19NS. The van der Waals surface area contributed by atoms with E-state index in [1.165, 1.54) is 24.8 Å². The van der Waals surface area contributed by atoms with Gasteiger partial charge in [0.25, 0.3) is 0 Å². The second kappa shape index (κ2) is 4.45. The molecule has 1 aromatic rings. The van der Waals surface area contributed by atoms with E-state index in [-0.39, 0.29) is 0 Å². The van der Waals surface area contributed by atoms with E-state index in [1.54, 1.807) is 11.3 Å². The molecule has 2 heteroatoms. The van der Waals surface area contributed by atoms with Gasteiger partial charge in [0.2, 0.25) is 0 Å². The molecular weight excluding hydrogens is 190 g/mol. The van der Waals surface area contributed by atoms with E-state index >= 15 is 0 Å². The standard InChI is InChI=1S/C12H19NS/c1-9(11-4-3-5-11)13-10(2)12-6-7-14-8-12/h6-11,13H,3-5H2,1-2H3. The zero-order valence-electron chi connectivity index (χ0n) is 8.99. The minimum atomic E-state index is 0.511. The van der Waals surface area contributed by atoms with Gasteiger partial charge >= 0.3 is 0 Å². The Morgan fingerprint density at radius 1 is 1.43 bits per heavy atom. The minimum absolute atomic E-state index is 0.511. The van der Waals surface area contributed by atoms with Crippen LogP contribution in [-0.2, 0) is 0 Å². The molecule has 1 fully saturated rings. The van der Waals surface area contributed by atoms with Crippen LogP contribution in [0, 0.1) is 5.92 Å². The summed E-state index contributed by atoms with van der Waals surface area (Å²) in [5.74, 6) is 0.927. The van der Waals surface area contributed by atoms with Crippen molar-refractivity contribution in [2.24, 2.45) is 5.92 Å².